The minimum atomic E-state index is -0.0603. The van der Waals surface area contributed by atoms with Crippen LogP contribution in [0.1, 0.15) is 42.9 Å². The number of piperidine rings is 1. The van der Waals surface area contributed by atoms with Crippen LogP contribution in [0.4, 0.5) is 0 Å². The first-order valence-corrected chi connectivity index (χ1v) is 9.77. The Kier molecular flexibility index (Phi) is 4.43. The number of fused-ring (bicyclic) bond motifs is 1. The molecule has 7 heteroatoms. The number of thiazole rings is 1. The van der Waals surface area contributed by atoms with Crippen LogP contribution in [0.2, 0.25) is 5.02 Å². The van der Waals surface area contributed by atoms with Gasteiger partial charge in [-0.3, -0.25) is 4.90 Å². The maximum atomic E-state index is 10.7. The van der Waals surface area contributed by atoms with Gasteiger partial charge in [0.2, 0.25) is 4.96 Å². The summed E-state index contributed by atoms with van der Waals surface area (Å²) in [6, 6.07) is 7.84. The highest BCUT2D eigenvalue weighted by Crippen LogP contribution is 2.40. The number of hydrogen-bond donors (Lipinski definition) is 1. The molecule has 1 fully saturated rings. The molecule has 1 aromatic carbocycles. The summed E-state index contributed by atoms with van der Waals surface area (Å²) >= 11 is 7.37. The predicted molar refractivity (Wildman–Crippen MR) is 101 cm³/mol. The summed E-state index contributed by atoms with van der Waals surface area (Å²) in [5.41, 5.74) is 1.92. The van der Waals surface area contributed by atoms with Crippen molar-refractivity contribution >= 4 is 27.9 Å². The number of aromatic hydroxyl groups is 1. The first-order chi connectivity index (χ1) is 12.0. The fourth-order valence-corrected chi connectivity index (χ4v) is 4.73. The fourth-order valence-electron chi connectivity index (χ4n) is 3.73. The van der Waals surface area contributed by atoms with Gasteiger partial charge < -0.3 is 5.11 Å². The van der Waals surface area contributed by atoms with Gasteiger partial charge in [-0.05, 0) is 49.9 Å². The standard InChI is InChI=1S/C18H21ClN4OS/c1-11-4-3-9-22(10-11)15(13-5-7-14(19)8-6-13)16-17(24)25-18-20-12(2)21-23(16)18/h5-8,11,15,24H,3-4,9-10H2,1-2H3. The highest BCUT2D eigenvalue weighted by Gasteiger charge is 2.32. The van der Waals surface area contributed by atoms with Crippen molar-refractivity contribution in [1.29, 1.82) is 0 Å². The van der Waals surface area contributed by atoms with Gasteiger partial charge >= 0.3 is 0 Å². The second kappa shape index (κ2) is 6.59. The molecule has 1 saturated heterocycles. The van der Waals surface area contributed by atoms with Crippen LogP contribution in [0.5, 0.6) is 5.06 Å². The van der Waals surface area contributed by atoms with E-state index in [1.807, 2.05) is 31.2 Å². The van der Waals surface area contributed by atoms with E-state index in [2.05, 4.69) is 21.9 Å². The lowest BCUT2D eigenvalue weighted by atomic mass is 9.95. The normalized spacial score (nSPS) is 20.2. The van der Waals surface area contributed by atoms with E-state index in [0.717, 1.165) is 41.6 Å². The van der Waals surface area contributed by atoms with E-state index in [0.29, 0.717) is 10.9 Å². The number of likely N-dealkylation sites (tertiary alicyclic amines) is 1. The van der Waals surface area contributed by atoms with Crippen LogP contribution in [0, 0.1) is 12.8 Å². The van der Waals surface area contributed by atoms with Gasteiger partial charge in [0.15, 0.2) is 5.06 Å². The number of hydrogen-bond acceptors (Lipinski definition) is 5. The van der Waals surface area contributed by atoms with Crippen molar-refractivity contribution in [3.05, 3.63) is 46.4 Å². The monoisotopic (exact) mass is 376 g/mol. The van der Waals surface area contributed by atoms with E-state index < -0.39 is 0 Å². The number of nitrogens with zero attached hydrogens (tertiary/aromatic N) is 4. The molecular weight excluding hydrogens is 356 g/mol. The van der Waals surface area contributed by atoms with E-state index >= 15 is 0 Å². The molecule has 5 nitrogen and oxygen atoms in total. The number of aryl methyl sites for hydroxylation is 1. The molecule has 2 atom stereocenters. The molecule has 0 amide bonds. The molecule has 3 heterocycles. The zero-order valence-electron chi connectivity index (χ0n) is 14.3. The Morgan fingerprint density at radius 3 is 2.80 bits per heavy atom. The molecule has 0 spiro atoms. The summed E-state index contributed by atoms with van der Waals surface area (Å²) in [5.74, 6) is 1.35. The SMILES string of the molecule is Cc1nc2sc(O)c(C(c3ccc(Cl)cc3)N3CCCC(C)C3)n2n1. The summed E-state index contributed by atoms with van der Waals surface area (Å²) in [7, 11) is 0. The molecule has 0 saturated carbocycles. The third kappa shape index (κ3) is 3.14. The van der Waals surface area contributed by atoms with Crippen molar-refractivity contribution in [1.82, 2.24) is 19.5 Å². The van der Waals surface area contributed by atoms with Gasteiger partial charge in [0, 0.05) is 11.6 Å². The smallest absolute Gasteiger partial charge is 0.215 e. The summed E-state index contributed by atoms with van der Waals surface area (Å²) in [5, 5.41) is 16.2. The lowest BCUT2D eigenvalue weighted by molar-refractivity contribution is 0.144. The largest absolute Gasteiger partial charge is 0.498 e. The minimum Gasteiger partial charge on any atom is -0.498 e. The van der Waals surface area contributed by atoms with Crippen LogP contribution in [0.15, 0.2) is 24.3 Å². The van der Waals surface area contributed by atoms with Crippen LogP contribution in [-0.4, -0.2) is 37.7 Å². The molecule has 2 aromatic heterocycles. The van der Waals surface area contributed by atoms with Crippen molar-refractivity contribution < 1.29 is 5.11 Å². The molecule has 0 aliphatic carbocycles. The zero-order valence-corrected chi connectivity index (χ0v) is 15.9. The number of rotatable bonds is 3. The number of benzene rings is 1. The topological polar surface area (TPSA) is 53.7 Å². The average Bonchev–Trinajstić information content (AvgIpc) is 3.06. The van der Waals surface area contributed by atoms with Crippen LogP contribution in [0.25, 0.3) is 4.96 Å². The van der Waals surface area contributed by atoms with E-state index in [1.165, 1.54) is 17.8 Å². The van der Waals surface area contributed by atoms with Gasteiger partial charge in [0.05, 0.1) is 6.04 Å². The van der Waals surface area contributed by atoms with Crippen LogP contribution in [0.3, 0.4) is 0 Å². The summed E-state index contributed by atoms with van der Waals surface area (Å²) in [6.45, 7) is 6.16. The third-order valence-electron chi connectivity index (χ3n) is 4.82. The summed E-state index contributed by atoms with van der Waals surface area (Å²) < 4.78 is 1.80. The second-order valence-corrected chi connectivity index (χ2v) is 8.23. The molecule has 1 N–H and O–H groups in total. The predicted octanol–water partition coefficient (Wildman–Crippen LogP) is 4.28. The maximum absolute atomic E-state index is 10.7. The quantitative estimate of drug-likeness (QED) is 0.741. The molecule has 1 aliphatic rings. The molecule has 132 valence electrons. The molecule has 0 radical (unpaired) electrons. The van der Waals surface area contributed by atoms with Gasteiger partial charge in [-0.15, -0.1) is 0 Å². The van der Waals surface area contributed by atoms with Crippen molar-refractivity contribution in [3.8, 4) is 5.06 Å². The highest BCUT2D eigenvalue weighted by molar-refractivity contribution is 7.18. The van der Waals surface area contributed by atoms with Gasteiger partial charge in [-0.1, -0.05) is 42.0 Å². The lowest BCUT2D eigenvalue weighted by Crippen LogP contribution is -2.38. The minimum absolute atomic E-state index is 0.0603. The van der Waals surface area contributed by atoms with E-state index in [4.69, 9.17) is 11.6 Å². The zero-order chi connectivity index (χ0) is 17.6. The van der Waals surface area contributed by atoms with Crippen molar-refractivity contribution in [2.45, 2.75) is 32.7 Å². The van der Waals surface area contributed by atoms with E-state index in [1.54, 1.807) is 4.52 Å². The van der Waals surface area contributed by atoms with Crippen LogP contribution in [-0.2, 0) is 0 Å². The highest BCUT2D eigenvalue weighted by atomic mass is 35.5. The van der Waals surface area contributed by atoms with Crippen molar-refractivity contribution in [2.75, 3.05) is 13.1 Å². The molecule has 25 heavy (non-hydrogen) atoms. The Morgan fingerprint density at radius 1 is 1.32 bits per heavy atom. The third-order valence-corrected chi connectivity index (χ3v) is 5.92. The Morgan fingerprint density at radius 2 is 2.08 bits per heavy atom. The Bertz CT molecular complexity index is 889. The summed E-state index contributed by atoms with van der Waals surface area (Å²) in [4.78, 5) is 7.59. The Hall–Kier alpha value is -1.63. The van der Waals surface area contributed by atoms with Crippen molar-refractivity contribution in [3.63, 3.8) is 0 Å². The average molecular weight is 377 g/mol. The molecular formula is C18H21ClN4OS. The molecule has 1 aliphatic heterocycles. The second-order valence-electron chi connectivity index (χ2n) is 6.84. The van der Waals surface area contributed by atoms with Gasteiger partial charge in [-0.25, -0.2) is 9.50 Å². The molecule has 0 bridgehead atoms. The van der Waals surface area contributed by atoms with Gasteiger partial charge in [0.25, 0.3) is 0 Å². The number of aromatic nitrogens is 3. The lowest BCUT2D eigenvalue weighted by Gasteiger charge is -2.37. The maximum Gasteiger partial charge on any atom is 0.215 e. The molecule has 3 aromatic rings. The van der Waals surface area contributed by atoms with Gasteiger partial charge in [-0.2, -0.15) is 5.10 Å². The van der Waals surface area contributed by atoms with Crippen LogP contribution >= 0.6 is 22.9 Å². The molecule has 4 rings (SSSR count). The Labute approximate surface area is 155 Å². The van der Waals surface area contributed by atoms with E-state index in [-0.39, 0.29) is 11.1 Å². The first kappa shape index (κ1) is 16.8. The Balaban J connectivity index is 1.86. The molecule has 2 unspecified atom stereocenters. The fraction of sp³-hybridized carbons (Fsp3) is 0.444. The van der Waals surface area contributed by atoms with Crippen LogP contribution < -0.4 is 0 Å². The summed E-state index contributed by atoms with van der Waals surface area (Å²) in [6.07, 6.45) is 2.41. The first-order valence-electron chi connectivity index (χ1n) is 8.57. The number of halogens is 1. The van der Waals surface area contributed by atoms with Gasteiger partial charge in [0.1, 0.15) is 11.5 Å². The van der Waals surface area contributed by atoms with E-state index in [9.17, 15) is 5.11 Å². The van der Waals surface area contributed by atoms with Crippen molar-refractivity contribution in [2.24, 2.45) is 5.92 Å².